The zero-order valence-electron chi connectivity index (χ0n) is 16.5. The molecule has 3 aromatic rings. The Bertz CT molecular complexity index is 1080. The van der Waals surface area contributed by atoms with E-state index in [1.165, 1.54) is 11.1 Å². The predicted octanol–water partition coefficient (Wildman–Crippen LogP) is 4.11. The number of benzene rings is 2. The molecule has 5 nitrogen and oxygen atoms in total. The van der Waals surface area contributed by atoms with Crippen LogP contribution in [0.15, 0.2) is 65.3 Å². The van der Waals surface area contributed by atoms with E-state index in [4.69, 9.17) is 9.47 Å². The maximum atomic E-state index is 12.6. The van der Waals surface area contributed by atoms with E-state index in [0.717, 1.165) is 28.6 Å². The first kappa shape index (κ1) is 21.0. The first-order valence-electron chi connectivity index (χ1n) is 9.45. The van der Waals surface area contributed by atoms with Gasteiger partial charge in [0, 0.05) is 12.1 Å². The lowest BCUT2D eigenvalue weighted by molar-refractivity contribution is 0.0733. The van der Waals surface area contributed by atoms with E-state index in [-0.39, 0.29) is 30.8 Å². The van der Waals surface area contributed by atoms with Gasteiger partial charge in [0.1, 0.15) is 6.26 Å². The van der Waals surface area contributed by atoms with Crippen LogP contribution in [-0.4, -0.2) is 17.8 Å². The molecule has 0 saturated heterocycles. The normalized spacial score (nSPS) is 13.9. The van der Waals surface area contributed by atoms with Gasteiger partial charge >= 0.3 is 0 Å². The van der Waals surface area contributed by atoms with Crippen LogP contribution in [0.25, 0.3) is 10.9 Å². The van der Waals surface area contributed by atoms with Crippen LogP contribution in [0.5, 0.6) is 0 Å². The van der Waals surface area contributed by atoms with Crippen LogP contribution in [-0.2, 0) is 22.4 Å². The monoisotopic (exact) mass is 412 g/mol. The zero-order valence-corrected chi connectivity index (χ0v) is 17.3. The van der Waals surface area contributed by atoms with Gasteiger partial charge in [0.05, 0.1) is 11.6 Å². The number of ether oxygens (including phenoxy) is 2. The lowest BCUT2D eigenvalue weighted by atomic mass is 10.0. The zero-order chi connectivity index (χ0) is 19.5. The average Bonchev–Trinajstić information content (AvgIpc) is 3.21. The third-order valence-corrected chi connectivity index (χ3v) is 5.03. The summed E-state index contributed by atoms with van der Waals surface area (Å²) < 4.78 is 10.8. The summed E-state index contributed by atoms with van der Waals surface area (Å²) in [6.45, 7) is 4.76. The van der Waals surface area contributed by atoms with Crippen molar-refractivity contribution in [1.82, 2.24) is 10.3 Å². The minimum atomic E-state index is -0.0701. The van der Waals surface area contributed by atoms with E-state index < -0.39 is 0 Å². The van der Waals surface area contributed by atoms with Crippen LogP contribution in [0.3, 0.4) is 0 Å². The Morgan fingerprint density at radius 2 is 1.93 bits per heavy atom. The van der Waals surface area contributed by atoms with Gasteiger partial charge in [-0.25, -0.2) is 0 Å². The van der Waals surface area contributed by atoms with Gasteiger partial charge in [0.2, 0.25) is 6.79 Å². The van der Waals surface area contributed by atoms with Gasteiger partial charge in [-0.05, 0) is 48.9 Å². The van der Waals surface area contributed by atoms with Crippen molar-refractivity contribution in [3.63, 3.8) is 0 Å². The summed E-state index contributed by atoms with van der Waals surface area (Å²) in [5.74, 6) is 0.757. The molecule has 0 saturated carbocycles. The molecular weight excluding hydrogens is 388 g/mol. The smallest absolute Gasteiger partial charge is 0.252 e. The minimum absolute atomic E-state index is 0. The van der Waals surface area contributed by atoms with Gasteiger partial charge in [-0.15, -0.1) is 12.4 Å². The lowest BCUT2D eigenvalue weighted by Gasteiger charge is -2.19. The molecule has 152 valence electrons. The van der Waals surface area contributed by atoms with Gasteiger partial charge in [-0.3, -0.25) is 4.79 Å². The summed E-state index contributed by atoms with van der Waals surface area (Å²) in [5, 5.41) is 4.52. The Kier molecular flexibility index (Phi) is 6.62. The van der Waals surface area contributed by atoms with E-state index in [1.54, 1.807) is 6.26 Å². The highest BCUT2D eigenvalue weighted by atomic mass is 35.5. The second kappa shape index (κ2) is 9.16. The molecule has 1 unspecified atom stereocenters. The quantitative estimate of drug-likeness (QED) is 0.639. The molecule has 29 heavy (non-hydrogen) atoms. The SMILES string of the molecule is Cc1cc(C)c2[nH]c(=O)c(CNC(Cc3ccccc3)C3=COCO3)cc2c1.Cl. The van der Waals surface area contributed by atoms with Gasteiger partial charge in [-0.1, -0.05) is 42.0 Å². The van der Waals surface area contributed by atoms with E-state index in [9.17, 15) is 4.79 Å². The Morgan fingerprint density at radius 3 is 2.66 bits per heavy atom. The highest BCUT2D eigenvalue weighted by Crippen LogP contribution is 2.19. The van der Waals surface area contributed by atoms with E-state index in [2.05, 4.69) is 41.5 Å². The number of aromatic nitrogens is 1. The maximum Gasteiger partial charge on any atom is 0.252 e. The van der Waals surface area contributed by atoms with E-state index in [1.807, 2.05) is 31.2 Å². The van der Waals surface area contributed by atoms with Gasteiger partial charge < -0.3 is 19.8 Å². The van der Waals surface area contributed by atoms with Crippen LogP contribution >= 0.6 is 12.4 Å². The molecular formula is C23H25ClN2O3. The number of rotatable bonds is 6. The largest absolute Gasteiger partial charge is 0.462 e. The number of halogens is 1. The number of H-pyrrole nitrogens is 1. The fourth-order valence-electron chi connectivity index (χ4n) is 3.65. The summed E-state index contributed by atoms with van der Waals surface area (Å²) in [6.07, 6.45) is 2.40. The van der Waals surface area contributed by atoms with Crippen LogP contribution < -0.4 is 10.9 Å². The number of pyridine rings is 1. The van der Waals surface area contributed by atoms with Crippen molar-refractivity contribution in [2.24, 2.45) is 0 Å². The summed E-state index contributed by atoms with van der Waals surface area (Å²) >= 11 is 0. The molecule has 0 bridgehead atoms. The molecule has 2 aromatic carbocycles. The predicted molar refractivity (Wildman–Crippen MR) is 117 cm³/mol. The second-order valence-electron chi connectivity index (χ2n) is 7.24. The molecule has 0 radical (unpaired) electrons. The van der Waals surface area contributed by atoms with Crippen LogP contribution in [0.2, 0.25) is 0 Å². The third kappa shape index (κ3) is 4.81. The molecule has 0 fully saturated rings. The number of aromatic amines is 1. The van der Waals surface area contributed by atoms with Crippen molar-refractivity contribution in [3.8, 4) is 0 Å². The third-order valence-electron chi connectivity index (χ3n) is 5.03. The van der Waals surface area contributed by atoms with Crippen LogP contribution in [0.4, 0.5) is 0 Å². The number of nitrogens with one attached hydrogen (secondary N) is 2. The molecule has 1 aliphatic rings. The number of hydrogen-bond acceptors (Lipinski definition) is 4. The first-order valence-corrected chi connectivity index (χ1v) is 9.45. The van der Waals surface area contributed by atoms with Crippen LogP contribution in [0.1, 0.15) is 22.3 Å². The van der Waals surface area contributed by atoms with E-state index >= 15 is 0 Å². The summed E-state index contributed by atoms with van der Waals surface area (Å²) in [7, 11) is 0. The molecule has 4 rings (SSSR count). The van der Waals surface area contributed by atoms with E-state index in [0.29, 0.717) is 12.1 Å². The molecule has 0 amide bonds. The molecule has 0 spiro atoms. The number of fused-ring (bicyclic) bond motifs is 1. The summed E-state index contributed by atoms with van der Waals surface area (Å²) in [5.41, 5.74) is 4.98. The topological polar surface area (TPSA) is 63.4 Å². The molecule has 2 heterocycles. The summed E-state index contributed by atoms with van der Waals surface area (Å²) in [4.78, 5) is 15.6. The highest BCUT2D eigenvalue weighted by molar-refractivity contribution is 5.85. The molecule has 1 atom stereocenters. The Labute approximate surface area is 176 Å². The highest BCUT2D eigenvalue weighted by Gasteiger charge is 2.20. The Balaban J connectivity index is 0.00000240. The van der Waals surface area contributed by atoms with Crippen molar-refractivity contribution in [3.05, 3.63) is 93.2 Å². The number of hydrogen-bond donors (Lipinski definition) is 2. The molecule has 1 aliphatic heterocycles. The van der Waals surface area contributed by atoms with Gasteiger partial charge in [0.15, 0.2) is 5.76 Å². The van der Waals surface area contributed by atoms with Gasteiger partial charge in [0.25, 0.3) is 5.56 Å². The maximum absolute atomic E-state index is 12.6. The standard InChI is InChI=1S/C23H24N2O3.ClH/c1-15-8-16(2)22-18(9-15)11-19(23(26)25-22)12-24-20(21-13-27-14-28-21)10-17-6-4-3-5-7-17;/h3-9,11,13,20,24H,10,12,14H2,1-2H3,(H,25,26);1H. The Hall–Kier alpha value is -2.76. The molecule has 0 aliphatic carbocycles. The summed E-state index contributed by atoms with van der Waals surface area (Å²) in [6, 6.07) is 16.3. The molecule has 6 heteroatoms. The van der Waals surface area contributed by atoms with Crippen LogP contribution in [0, 0.1) is 13.8 Å². The Morgan fingerprint density at radius 1 is 1.14 bits per heavy atom. The minimum Gasteiger partial charge on any atom is -0.462 e. The lowest BCUT2D eigenvalue weighted by Crippen LogP contribution is -2.34. The van der Waals surface area contributed by atoms with Crippen molar-refractivity contribution in [2.75, 3.05) is 6.79 Å². The number of aryl methyl sites for hydroxylation is 2. The fourth-order valence-corrected chi connectivity index (χ4v) is 3.65. The first-order chi connectivity index (χ1) is 13.6. The van der Waals surface area contributed by atoms with Gasteiger partial charge in [-0.2, -0.15) is 0 Å². The average molecular weight is 413 g/mol. The van der Waals surface area contributed by atoms with Crippen molar-refractivity contribution < 1.29 is 9.47 Å². The fraction of sp³-hybridized carbons (Fsp3) is 0.261. The molecule has 2 N–H and O–H groups in total. The van der Waals surface area contributed by atoms with Crippen molar-refractivity contribution in [1.29, 1.82) is 0 Å². The van der Waals surface area contributed by atoms with Crippen molar-refractivity contribution >= 4 is 23.3 Å². The molecule has 1 aromatic heterocycles. The second-order valence-corrected chi connectivity index (χ2v) is 7.24. The van der Waals surface area contributed by atoms with Crippen molar-refractivity contribution in [2.45, 2.75) is 32.9 Å².